The number of nitrogens with zero attached hydrogens (tertiary/aromatic N) is 2. The lowest BCUT2D eigenvalue weighted by Crippen LogP contribution is -2.41. The normalized spacial score (nSPS) is 10.7. The number of H-pyrrole nitrogens is 1. The van der Waals surface area contributed by atoms with Gasteiger partial charge in [-0.3, -0.25) is 19.1 Å². The molecule has 1 aromatic carbocycles. The van der Waals surface area contributed by atoms with Gasteiger partial charge in [-0.2, -0.15) is 0 Å². The summed E-state index contributed by atoms with van der Waals surface area (Å²) < 4.78 is 15.2. The van der Waals surface area contributed by atoms with Gasteiger partial charge >= 0.3 is 5.69 Å². The lowest BCUT2D eigenvalue weighted by molar-refractivity contribution is -0.115. The van der Waals surface area contributed by atoms with E-state index in [0.717, 1.165) is 18.4 Å². The fourth-order valence-corrected chi connectivity index (χ4v) is 2.85. The van der Waals surface area contributed by atoms with Crippen molar-refractivity contribution in [3.8, 4) is 0 Å². The summed E-state index contributed by atoms with van der Waals surface area (Å²) in [5, 5.41) is 2.49. The van der Waals surface area contributed by atoms with Crippen LogP contribution in [0.2, 0.25) is 0 Å². The molecule has 1 heterocycles. The molecule has 2 rings (SSSR count). The molecule has 152 valence electrons. The molecule has 0 aliphatic carbocycles. The molecular weight excluding hydrogens is 365 g/mol. The number of benzene rings is 1. The van der Waals surface area contributed by atoms with Crippen LogP contribution in [0.4, 0.5) is 21.6 Å². The Morgan fingerprint density at radius 3 is 2.64 bits per heavy atom. The molecule has 0 spiro atoms. The molecule has 0 fully saturated rings. The standard InChI is InChI=1S/C19H26FN5O3/c1-4-6-9-25-17(21)16(18(27)23-19(25)28)24(5-2)11-15(26)22-14-8-7-12(3)10-13(14)20/h7-8,10H,4-6,9,11,21H2,1-3H3,(H,22,26)(H,23,27,28). The lowest BCUT2D eigenvalue weighted by atomic mass is 10.2. The molecule has 0 aliphatic rings. The van der Waals surface area contributed by atoms with Crippen LogP contribution in [-0.2, 0) is 11.3 Å². The first-order valence-electron chi connectivity index (χ1n) is 9.22. The zero-order valence-electron chi connectivity index (χ0n) is 16.3. The van der Waals surface area contributed by atoms with Gasteiger partial charge in [0, 0.05) is 13.1 Å². The van der Waals surface area contributed by atoms with Gasteiger partial charge < -0.3 is 16.0 Å². The van der Waals surface area contributed by atoms with E-state index in [0.29, 0.717) is 13.1 Å². The van der Waals surface area contributed by atoms with Gasteiger partial charge in [-0.05, 0) is 38.0 Å². The quantitative estimate of drug-likeness (QED) is 0.635. The smallest absolute Gasteiger partial charge is 0.330 e. The molecular formula is C19H26FN5O3. The van der Waals surface area contributed by atoms with E-state index in [1.165, 1.54) is 21.6 Å². The Balaban J connectivity index is 2.28. The van der Waals surface area contributed by atoms with Crippen LogP contribution in [0.25, 0.3) is 0 Å². The molecule has 0 unspecified atom stereocenters. The van der Waals surface area contributed by atoms with E-state index >= 15 is 0 Å². The Morgan fingerprint density at radius 2 is 2.04 bits per heavy atom. The predicted octanol–water partition coefficient (Wildman–Crippen LogP) is 1.83. The first kappa shape index (κ1) is 21.2. The largest absolute Gasteiger partial charge is 0.383 e. The van der Waals surface area contributed by atoms with Crippen LogP contribution in [0, 0.1) is 12.7 Å². The van der Waals surface area contributed by atoms with Crippen LogP contribution >= 0.6 is 0 Å². The number of nitrogen functional groups attached to an aromatic ring is 1. The number of likely N-dealkylation sites (N-methyl/N-ethyl adjacent to an activating group) is 1. The Hall–Kier alpha value is -3.10. The van der Waals surface area contributed by atoms with Gasteiger partial charge in [-0.25, -0.2) is 9.18 Å². The van der Waals surface area contributed by atoms with Crippen molar-refractivity contribution >= 4 is 23.1 Å². The number of hydrogen-bond acceptors (Lipinski definition) is 5. The van der Waals surface area contributed by atoms with Gasteiger partial charge in [-0.15, -0.1) is 0 Å². The molecule has 0 saturated carbocycles. The molecule has 28 heavy (non-hydrogen) atoms. The van der Waals surface area contributed by atoms with Crippen molar-refractivity contribution in [3.05, 3.63) is 50.4 Å². The molecule has 9 heteroatoms. The Labute approximate surface area is 162 Å². The lowest BCUT2D eigenvalue weighted by Gasteiger charge is -2.24. The second-order valence-electron chi connectivity index (χ2n) is 6.54. The second-order valence-corrected chi connectivity index (χ2v) is 6.54. The number of amides is 1. The number of anilines is 3. The molecule has 8 nitrogen and oxygen atoms in total. The van der Waals surface area contributed by atoms with Crippen molar-refractivity contribution in [3.63, 3.8) is 0 Å². The molecule has 1 aromatic heterocycles. The number of unbranched alkanes of at least 4 members (excludes halogenated alkanes) is 1. The fraction of sp³-hybridized carbons (Fsp3) is 0.421. The number of halogens is 1. The van der Waals surface area contributed by atoms with E-state index in [4.69, 9.17) is 5.73 Å². The van der Waals surface area contributed by atoms with Crippen LogP contribution < -0.4 is 27.2 Å². The predicted molar refractivity (Wildman–Crippen MR) is 108 cm³/mol. The average molecular weight is 391 g/mol. The molecule has 4 N–H and O–H groups in total. The van der Waals surface area contributed by atoms with Crippen LogP contribution in [0.15, 0.2) is 27.8 Å². The highest BCUT2D eigenvalue weighted by Gasteiger charge is 2.20. The zero-order chi connectivity index (χ0) is 20.8. The molecule has 2 aromatic rings. The summed E-state index contributed by atoms with van der Waals surface area (Å²) in [6, 6.07) is 4.48. The summed E-state index contributed by atoms with van der Waals surface area (Å²) in [4.78, 5) is 40.5. The monoisotopic (exact) mass is 391 g/mol. The third-order valence-corrected chi connectivity index (χ3v) is 4.38. The number of carbonyl (C=O) groups excluding carboxylic acids is 1. The maximum absolute atomic E-state index is 14.0. The molecule has 1 amide bonds. The van der Waals surface area contributed by atoms with Gasteiger partial charge in [0.05, 0.1) is 12.2 Å². The highest BCUT2D eigenvalue weighted by atomic mass is 19.1. The molecule has 0 bridgehead atoms. The van der Waals surface area contributed by atoms with Gasteiger partial charge in [-0.1, -0.05) is 19.4 Å². The molecule has 0 aliphatic heterocycles. The summed E-state index contributed by atoms with van der Waals surface area (Å²) in [7, 11) is 0. The van der Waals surface area contributed by atoms with Crippen molar-refractivity contribution in [1.82, 2.24) is 9.55 Å². The number of aromatic nitrogens is 2. The third kappa shape index (κ3) is 4.79. The van der Waals surface area contributed by atoms with E-state index in [1.807, 2.05) is 6.92 Å². The first-order chi connectivity index (χ1) is 13.3. The SMILES string of the molecule is CCCCn1c(N)c(N(CC)CC(=O)Nc2ccc(C)cc2F)c(=O)[nH]c1=O. The maximum Gasteiger partial charge on any atom is 0.330 e. The summed E-state index contributed by atoms with van der Waals surface area (Å²) in [5.41, 5.74) is 5.68. The fourth-order valence-electron chi connectivity index (χ4n) is 2.85. The molecule has 0 atom stereocenters. The van der Waals surface area contributed by atoms with Crippen LogP contribution in [0.5, 0.6) is 0 Å². The van der Waals surface area contributed by atoms with Crippen LogP contribution in [0.3, 0.4) is 0 Å². The van der Waals surface area contributed by atoms with Gasteiger partial charge in [0.2, 0.25) is 5.91 Å². The summed E-state index contributed by atoms with van der Waals surface area (Å²) in [6.45, 7) is 5.91. The van der Waals surface area contributed by atoms with E-state index in [9.17, 15) is 18.8 Å². The van der Waals surface area contributed by atoms with E-state index in [1.54, 1.807) is 19.9 Å². The van der Waals surface area contributed by atoms with Crippen molar-refractivity contribution in [2.45, 2.75) is 40.2 Å². The van der Waals surface area contributed by atoms with Gasteiger partial charge in [0.15, 0.2) is 0 Å². The Kier molecular flexibility index (Phi) is 6.97. The number of hydrogen-bond donors (Lipinski definition) is 3. The number of carbonyl (C=O) groups is 1. The molecule has 0 saturated heterocycles. The summed E-state index contributed by atoms with van der Waals surface area (Å²) in [6.07, 6.45) is 1.57. The minimum Gasteiger partial charge on any atom is -0.383 e. The number of rotatable bonds is 8. The minimum atomic E-state index is -0.661. The van der Waals surface area contributed by atoms with Crippen molar-refractivity contribution < 1.29 is 9.18 Å². The maximum atomic E-state index is 14.0. The number of nitrogens with two attached hydrogens (primary N) is 1. The van der Waals surface area contributed by atoms with Crippen molar-refractivity contribution in [2.24, 2.45) is 0 Å². The molecule has 0 radical (unpaired) electrons. The van der Waals surface area contributed by atoms with Crippen LogP contribution in [-0.4, -0.2) is 28.5 Å². The van der Waals surface area contributed by atoms with Crippen molar-refractivity contribution in [1.29, 1.82) is 0 Å². The van der Waals surface area contributed by atoms with E-state index < -0.39 is 23.0 Å². The van der Waals surface area contributed by atoms with E-state index in [-0.39, 0.29) is 23.7 Å². The topological polar surface area (TPSA) is 113 Å². The minimum absolute atomic E-state index is 0.0124. The van der Waals surface area contributed by atoms with Crippen LogP contribution in [0.1, 0.15) is 32.3 Å². The van der Waals surface area contributed by atoms with Gasteiger partial charge in [0.25, 0.3) is 5.56 Å². The Bertz CT molecular complexity index is 967. The average Bonchev–Trinajstić information content (AvgIpc) is 2.62. The zero-order valence-corrected chi connectivity index (χ0v) is 16.3. The van der Waals surface area contributed by atoms with E-state index in [2.05, 4.69) is 10.3 Å². The summed E-state index contributed by atoms with van der Waals surface area (Å²) >= 11 is 0. The Morgan fingerprint density at radius 1 is 1.32 bits per heavy atom. The number of aryl methyl sites for hydroxylation is 1. The third-order valence-electron chi connectivity index (χ3n) is 4.38. The van der Waals surface area contributed by atoms with Crippen molar-refractivity contribution in [2.75, 3.05) is 29.0 Å². The first-order valence-corrected chi connectivity index (χ1v) is 9.22. The number of nitrogens with one attached hydrogen (secondary N) is 2. The highest BCUT2D eigenvalue weighted by molar-refractivity contribution is 5.94. The van der Waals surface area contributed by atoms with Gasteiger partial charge in [0.1, 0.15) is 17.3 Å². The highest BCUT2D eigenvalue weighted by Crippen LogP contribution is 2.18. The summed E-state index contributed by atoms with van der Waals surface area (Å²) in [5.74, 6) is -1.03. The number of aromatic amines is 1. The second kappa shape index (κ2) is 9.20.